The van der Waals surface area contributed by atoms with Gasteiger partial charge in [0.2, 0.25) is 0 Å². The quantitative estimate of drug-likeness (QED) is 0.702. The second kappa shape index (κ2) is 7.52. The van der Waals surface area contributed by atoms with Crippen molar-refractivity contribution in [2.45, 2.75) is 25.0 Å². The first-order chi connectivity index (χ1) is 13.3. The van der Waals surface area contributed by atoms with Gasteiger partial charge < -0.3 is 15.0 Å². The van der Waals surface area contributed by atoms with E-state index < -0.39 is 0 Å². The normalized spacial score (nSPS) is 22.4. The van der Waals surface area contributed by atoms with Crippen LogP contribution in [-0.2, 0) is 0 Å². The molecule has 27 heavy (non-hydrogen) atoms. The monoisotopic (exact) mass is 399 g/mol. The van der Waals surface area contributed by atoms with Crippen LogP contribution in [0.15, 0.2) is 36.7 Å². The summed E-state index contributed by atoms with van der Waals surface area (Å²) in [4.78, 5) is 15.9. The van der Waals surface area contributed by atoms with Crippen LogP contribution in [0.4, 0.5) is 10.9 Å². The van der Waals surface area contributed by atoms with E-state index in [1.165, 1.54) is 4.70 Å². The van der Waals surface area contributed by atoms with E-state index in [0.717, 1.165) is 53.9 Å². The highest BCUT2D eigenvalue weighted by Crippen LogP contribution is 2.34. The fourth-order valence-corrected chi connectivity index (χ4v) is 5.29. The van der Waals surface area contributed by atoms with E-state index in [0.29, 0.717) is 11.9 Å². The molecule has 1 aliphatic carbocycles. The van der Waals surface area contributed by atoms with Gasteiger partial charge in [-0.05, 0) is 12.1 Å². The largest absolute Gasteiger partial charge is 0.472 e. The molecule has 0 radical (unpaired) electrons. The molecule has 2 aliphatic rings. The summed E-state index contributed by atoms with van der Waals surface area (Å²) in [6.07, 6.45) is 5.57. The Balaban J connectivity index is 1.19. The Bertz CT molecular complexity index is 888. The zero-order valence-electron chi connectivity index (χ0n) is 14.9. The molecule has 2 fully saturated rings. The van der Waals surface area contributed by atoms with Crippen molar-refractivity contribution < 1.29 is 4.74 Å². The molecule has 8 heteroatoms. The first-order valence-corrected chi connectivity index (χ1v) is 11.2. The van der Waals surface area contributed by atoms with E-state index in [9.17, 15) is 0 Å². The number of aromatic nitrogens is 3. The van der Waals surface area contributed by atoms with Gasteiger partial charge in [0.1, 0.15) is 6.10 Å². The van der Waals surface area contributed by atoms with Crippen LogP contribution in [0, 0.1) is 0 Å². The molecule has 3 heterocycles. The number of hydrogen-bond donors (Lipinski definition) is 1. The molecule has 6 nitrogen and oxygen atoms in total. The number of ether oxygens (including phenoxy) is 1. The molecule has 2 aromatic heterocycles. The van der Waals surface area contributed by atoms with E-state index >= 15 is 0 Å². The molecule has 0 bridgehead atoms. The lowest BCUT2D eigenvalue weighted by molar-refractivity contribution is 0.103. The number of hydrogen-bond acceptors (Lipinski definition) is 8. The van der Waals surface area contributed by atoms with Crippen LogP contribution in [-0.4, -0.2) is 51.7 Å². The number of thiazole rings is 1. The van der Waals surface area contributed by atoms with Crippen LogP contribution < -0.4 is 15.0 Å². The van der Waals surface area contributed by atoms with Crippen molar-refractivity contribution in [3.8, 4) is 5.88 Å². The zero-order valence-corrected chi connectivity index (χ0v) is 16.5. The molecule has 140 valence electrons. The SMILES string of the molecule is c1ccc2sc(N[C@H]3C[C@H](Oc4nccnc4N4CCSCC4)C3)nc2c1. The summed E-state index contributed by atoms with van der Waals surface area (Å²) < 4.78 is 7.40. The fourth-order valence-electron chi connectivity index (χ4n) is 3.44. The van der Waals surface area contributed by atoms with Crippen LogP contribution >= 0.6 is 23.1 Å². The minimum absolute atomic E-state index is 0.187. The number of nitrogens with zero attached hydrogens (tertiary/aromatic N) is 4. The third-order valence-corrected chi connectivity index (χ3v) is 6.86. The molecule has 0 atom stereocenters. The van der Waals surface area contributed by atoms with E-state index in [1.807, 2.05) is 17.8 Å². The number of anilines is 2. The van der Waals surface area contributed by atoms with Gasteiger partial charge in [0.15, 0.2) is 10.9 Å². The van der Waals surface area contributed by atoms with Gasteiger partial charge in [0.05, 0.1) is 10.2 Å². The Labute approximate surface area is 166 Å². The highest BCUT2D eigenvalue weighted by molar-refractivity contribution is 7.99. The lowest BCUT2D eigenvalue weighted by atomic mass is 9.89. The molecule has 0 unspecified atom stereocenters. The maximum absolute atomic E-state index is 6.18. The topological polar surface area (TPSA) is 63.2 Å². The van der Waals surface area contributed by atoms with Gasteiger partial charge >= 0.3 is 0 Å². The summed E-state index contributed by atoms with van der Waals surface area (Å²) in [7, 11) is 0. The summed E-state index contributed by atoms with van der Waals surface area (Å²) in [6, 6.07) is 8.65. The lowest BCUT2D eigenvalue weighted by Crippen LogP contribution is -2.43. The Morgan fingerprint density at radius 3 is 2.74 bits per heavy atom. The number of thioether (sulfide) groups is 1. The maximum Gasteiger partial charge on any atom is 0.257 e. The number of fused-ring (bicyclic) bond motifs is 1. The number of para-hydroxylation sites is 1. The van der Waals surface area contributed by atoms with Gasteiger partial charge in [0.25, 0.3) is 5.88 Å². The van der Waals surface area contributed by atoms with E-state index in [1.54, 1.807) is 23.7 Å². The third kappa shape index (κ3) is 3.68. The van der Waals surface area contributed by atoms with Crippen molar-refractivity contribution >= 4 is 44.3 Å². The Hall–Kier alpha value is -2.06. The minimum Gasteiger partial charge on any atom is -0.472 e. The Morgan fingerprint density at radius 1 is 1.07 bits per heavy atom. The van der Waals surface area contributed by atoms with Crippen molar-refractivity contribution in [1.82, 2.24) is 15.0 Å². The predicted octanol–water partition coefficient (Wildman–Crippen LogP) is 3.66. The van der Waals surface area contributed by atoms with Crippen molar-refractivity contribution in [3.05, 3.63) is 36.7 Å². The summed E-state index contributed by atoms with van der Waals surface area (Å²) in [5, 5.41) is 4.53. The molecular weight excluding hydrogens is 378 g/mol. The van der Waals surface area contributed by atoms with Crippen LogP contribution in [0.1, 0.15) is 12.8 Å². The molecule has 1 N–H and O–H groups in total. The standard InChI is InChI=1S/C19H21N5OS2/c1-2-4-16-15(3-1)23-19(27-16)22-13-11-14(12-13)25-18-17(20-5-6-21-18)24-7-9-26-10-8-24/h1-6,13-14H,7-12H2,(H,22,23)/t13-,14-. The van der Waals surface area contributed by atoms with Crippen molar-refractivity contribution in [3.63, 3.8) is 0 Å². The van der Waals surface area contributed by atoms with E-state index in [-0.39, 0.29) is 6.10 Å². The molecule has 1 aromatic carbocycles. The van der Waals surface area contributed by atoms with Crippen LogP contribution in [0.3, 0.4) is 0 Å². The van der Waals surface area contributed by atoms with Gasteiger partial charge in [-0.3, -0.25) is 0 Å². The molecular formula is C19H21N5OS2. The van der Waals surface area contributed by atoms with Gasteiger partial charge in [-0.1, -0.05) is 23.5 Å². The Kier molecular flexibility index (Phi) is 4.75. The summed E-state index contributed by atoms with van der Waals surface area (Å²) in [5.41, 5.74) is 1.06. The second-order valence-corrected chi connectivity index (χ2v) is 9.08. The average molecular weight is 400 g/mol. The smallest absolute Gasteiger partial charge is 0.257 e. The molecule has 3 aromatic rings. The third-order valence-electron chi connectivity index (χ3n) is 4.95. The lowest BCUT2D eigenvalue weighted by Gasteiger charge is -2.36. The second-order valence-electron chi connectivity index (χ2n) is 6.82. The van der Waals surface area contributed by atoms with Gasteiger partial charge in [0, 0.05) is 55.9 Å². The molecule has 0 amide bonds. The zero-order chi connectivity index (χ0) is 18.1. The van der Waals surface area contributed by atoms with Crippen LogP contribution in [0.5, 0.6) is 5.88 Å². The van der Waals surface area contributed by atoms with Gasteiger partial charge in [-0.2, -0.15) is 11.8 Å². The summed E-state index contributed by atoms with van der Waals surface area (Å²) in [6.45, 7) is 2.01. The average Bonchev–Trinajstić information content (AvgIpc) is 3.10. The van der Waals surface area contributed by atoms with E-state index in [4.69, 9.17) is 4.74 Å². The molecule has 1 aliphatic heterocycles. The summed E-state index contributed by atoms with van der Waals surface area (Å²) >= 11 is 3.69. The van der Waals surface area contributed by atoms with Crippen LogP contribution in [0.2, 0.25) is 0 Å². The highest BCUT2D eigenvalue weighted by Gasteiger charge is 2.33. The first kappa shape index (κ1) is 17.1. The van der Waals surface area contributed by atoms with Crippen molar-refractivity contribution in [2.24, 2.45) is 0 Å². The van der Waals surface area contributed by atoms with Crippen molar-refractivity contribution in [1.29, 1.82) is 0 Å². The molecule has 1 saturated carbocycles. The number of nitrogens with one attached hydrogen (secondary N) is 1. The van der Waals surface area contributed by atoms with Gasteiger partial charge in [-0.25, -0.2) is 15.0 Å². The fraction of sp³-hybridized carbons (Fsp3) is 0.421. The van der Waals surface area contributed by atoms with E-state index in [2.05, 4.69) is 43.4 Å². The Morgan fingerprint density at radius 2 is 1.89 bits per heavy atom. The van der Waals surface area contributed by atoms with Crippen molar-refractivity contribution in [2.75, 3.05) is 34.8 Å². The van der Waals surface area contributed by atoms with Crippen LogP contribution in [0.25, 0.3) is 10.2 Å². The molecule has 0 spiro atoms. The minimum atomic E-state index is 0.187. The molecule has 1 saturated heterocycles. The highest BCUT2D eigenvalue weighted by atomic mass is 32.2. The number of benzene rings is 1. The van der Waals surface area contributed by atoms with Gasteiger partial charge in [-0.15, -0.1) is 0 Å². The molecule has 5 rings (SSSR count). The number of rotatable bonds is 5. The maximum atomic E-state index is 6.18. The summed E-state index contributed by atoms with van der Waals surface area (Å²) in [5.74, 6) is 3.83. The predicted molar refractivity (Wildman–Crippen MR) is 112 cm³/mol. The first-order valence-electron chi connectivity index (χ1n) is 9.27.